The summed E-state index contributed by atoms with van der Waals surface area (Å²) < 4.78 is 68.6. The van der Waals surface area contributed by atoms with Crippen molar-refractivity contribution in [3.8, 4) is 0 Å². The second kappa shape index (κ2) is 79.5. The minimum atomic E-state index is -5.01. The summed E-state index contributed by atoms with van der Waals surface area (Å²) in [4.78, 5) is 73.1. The van der Waals surface area contributed by atoms with Gasteiger partial charge in [0.05, 0.1) is 26.4 Å². The summed E-state index contributed by atoms with van der Waals surface area (Å²) in [6, 6.07) is 0. The van der Waals surface area contributed by atoms with Crippen LogP contribution in [-0.4, -0.2) is 96.7 Å². The zero-order chi connectivity index (χ0) is 78.9. The van der Waals surface area contributed by atoms with E-state index in [-0.39, 0.29) is 25.7 Å². The molecular formula is C89H146O17P2. The number of phosphoric acid groups is 2. The normalized spacial score (nSPS) is 14.7. The van der Waals surface area contributed by atoms with Crippen LogP contribution in [0.4, 0.5) is 0 Å². The van der Waals surface area contributed by atoms with Crippen LogP contribution in [-0.2, 0) is 65.4 Å². The average molecular weight is 1550 g/mol. The Hall–Kier alpha value is -5.58. The molecule has 0 spiro atoms. The summed E-state index contributed by atoms with van der Waals surface area (Å²) >= 11 is 0. The lowest BCUT2D eigenvalue weighted by Gasteiger charge is -2.21. The average Bonchev–Trinajstić information content (AvgIpc) is 0.917. The summed E-state index contributed by atoms with van der Waals surface area (Å²) in [5.41, 5.74) is 0. The van der Waals surface area contributed by atoms with E-state index < -0.39 is 97.5 Å². The van der Waals surface area contributed by atoms with E-state index in [1.54, 1.807) is 0 Å². The van der Waals surface area contributed by atoms with Gasteiger partial charge in [-0.05, 0) is 141 Å². The first-order valence-corrected chi connectivity index (χ1v) is 44.4. The van der Waals surface area contributed by atoms with Gasteiger partial charge in [-0.2, -0.15) is 0 Å². The van der Waals surface area contributed by atoms with Gasteiger partial charge in [0.25, 0.3) is 0 Å². The Bertz CT molecular complexity index is 2710. The van der Waals surface area contributed by atoms with Crippen LogP contribution in [0.5, 0.6) is 0 Å². The molecule has 0 heterocycles. The summed E-state index contributed by atoms with van der Waals surface area (Å²) in [6.07, 6.45) is 94.8. The standard InChI is InChI=1S/C89H146O17P2/c1-5-9-13-17-21-25-29-32-35-38-41-44-47-50-54-57-61-65-69-73-86(91)99-79-84(105-88(93)75-71-67-63-59-53-28-24-20-16-12-8-4)81-103-107(95,96)101-77-83(90)78-102-108(97,98)104-82-85(106-89(94)76-72-68-64-60-56-52-49-46-43-40-37-34-31-27-23-19-15-11-7-3)80-100-87(92)74-70-66-62-58-55-51-48-45-42-39-36-33-30-26-22-18-14-10-6-2/h9-11,13-15,21-23,25-27,32-37,41-46,51,55,62,66,83-85,90H,5-8,12,16-20,24,28-31,38-40,47-50,52-54,56-61,63-65,67-82H2,1-4H3,(H,95,96)(H,97,98)/b13-9-,14-10-,15-11-,25-21-,26-22-,27-23-,35-32-,36-33-,37-34-,44-41-,45-42-,46-43-,55-51-,66-62-. The maximum absolute atomic E-state index is 13.1. The predicted molar refractivity (Wildman–Crippen MR) is 445 cm³/mol. The molecule has 108 heavy (non-hydrogen) atoms. The molecule has 0 saturated carbocycles. The number of aliphatic hydroxyl groups is 1. The topological polar surface area (TPSA) is 237 Å². The van der Waals surface area contributed by atoms with Crippen LogP contribution in [0.1, 0.15) is 310 Å². The van der Waals surface area contributed by atoms with E-state index in [4.69, 9.17) is 37.0 Å². The molecule has 0 amide bonds. The minimum absolute atomic E-state index is 0.0274. The van der Waals surface area contributed by atoms with Gasteiger partial charge in [0.1, 0.15) is 19.3 Å². The second-order valence-electron chi connectivity index (χ2n) is 26.9. The molecular weight excluding hydrogens is 1400 g/mol. The Morgan fingerprint density at radius 2 is 0.500 bits per heavy atom. The monoisotopic (exact) mass is 1550 g/mol. The molecule has 0 aliphatic heterocycles. The maximum Gasteiger partial charge on any atom is 0.472 e. The molecule has 0 rings (SSSR count). The molecule has 0 saturated heterocycles. The fourth-order valence-corrected chi connectivity index (χ4v) is 12.1. The number of allylic oxidation sites excluding steroid dienone is 28. The highest BCUT2D eigenvalue weighted by Crippen LogP contribution is 2.45. The first-order valence-electron chi connectivity index (χ1n) is 41.4. The van der Waals surface area contributed by atoms with E-state index in [1.807, 2.05) is 18.2 Å². The number of hydrogen-bond acceptors (Lipinski definition) is 15. The van der Waals surface area contributed by atoms with Gasteiger partial charge in [0.15, 0.2) is 12.2 Å². The van der Waals surface area contributed by atoms with Gasteiger partial charge in [0, 0.05) is 25.7 Å². The summed E-state index contributed by atoms with van der Waals surface area (Å²) in [6.45, 7) is 4.42. The molecule has 0 aromatic carbocycles. The second-order valence-corrected chi connectivity index (χ2v) is 29.8. The summed E-state index contributed by atoms with van der Waals surface area (Å²) in [5.74, 6) is -2.31. The quantitative estimate of drug-likeness (QED) is 0.0169. The molecule has 0 aliphatic carbocycles. The number of carbonyl (C=O) groups excluding carboxylic acids is 4. The molecule has 17 nitrogen and oxygen atoms in total. The number of rotatable bonds is 76. The van der Waals surface area contributed by atoms with Crippen molar-refractivity contribution in [2.24, 2.45) is 0 Å². The number of carbonyl (C=O) groups is 4. The first kappa shape index (κ1) is 102. The summed E-state index contributed by atoms with van der Waals surface area (Å²) in [5, 5.41) is 10.7. The van der Waals surface area contributed by atoms with Crippen LogP contribution in [0.15, 0.2) is 170 Å². The van der Waals surface area contributed by atoms with Crippen LogP contribution in [0.3, 0.4) is 0 Å². The van der Waals surface area contributed by atoms with Crippen molar-refractivity contribution < 1.29 is 80.2 Å². The highest BCUT2D eigenvalue weighted by Gasteiger charge is 2.30. The number of ether oxygens (including phenoxy) is 4. The first-order chi connectivity index (χ1) is 52.7. The van der Waals surface area contributed by atoms with Crippen LogP contribution in [0.2, 0.25) is 0 Å². The Morgan fingerprint density at radius 3 is 0.796 bits per heavy atom. The van der Waals surface area contributed by atoms with Crippen molar-refractivity contribution in [2.75, 3.05) is 39.6 Å². The number of aliphatic hydroxyl groups excluding tert-OH is 1. The van der Waals surface area contributed by atoms with Crippen molar-refractivity contribution >= 4 is 39.5 Å². The van der Waals surface area contributed by atoms with Gasteiger partial charge >= 0.3 is 39.5 Å². The van der Waals surface area contributed by atoms with Crippen molar-refractivity contribution in [2.45, 2.75) is 329 Å². The zero-order valence-corrected chi connectivity index (χ0v) is 69.0. The van der Waals surface area contributed by atoms with Crippen LogP contribution >= 0.6 is 15.6 Å². The van der Waals surface area contributed by atoms with Gasteiger partial charge < -0.3 is 33.8 Å². The highest BCUT2D eigenvalue weighted by atomic mass is 31.2. The lowest BCUT2D eigenvalue weighted by atomic mass is 10.1. The molecule has 0 fully saturated rings. The van der Waals surface area contributed by atoms with E-state index >= 15 is 0 Å². The van der Waals surface area contributed by atoms with Crippen LogP contribution < -0.4 is 0 Å². The van der Waals surface area contributed by atoms with Gasteiger partial charge in [0.2, 0.25) is 0 Å². The SMILES string of the molecule is CC/C=C\C/C=C\C/C=C\C/C=C\C/C=C\C/C=C\CCC(=O)OCC(COP(=O)(O)OCC(O)COP(=O)(O)OCC(COC(=O)CCCCCCCC/C=C\C/C=C\C/C=C\C/C=C\CC)OC(=O)CCCCCCCCCCCCC)OC(=O)CCCCCCCC/C=C\C/C=C\C/C=C\C/C=C\CC. The maximum atomic E-state index is 13.1. The molecule has 19 heteroatoms. The molecule has 5 atom stereocenters. The Balaban J connectivity index is 5.43. The molecule has 0 aromatic heterocycles. The lowest BCUT2D eigenvalue weighted by molar-refractivity contribution is -0.161. The molecule has 0 radical (unpaired) electrons. The molecule has 3 N–H and O–H groups in total. The van der Waals surface area contributed by atoms with E-state index in [0.29, 0.717) is 32.1 Å². The molecule has 0 aliphatic rings. The van der Waals surface area contributed by atoms with Crippen LogP contribution in [0, 0.1) is 0 Å². The third-order valence-corrected chi connectivity index (χ3v) is 18.6. The van der Waals surface area contributed by atoms with Crippen molar-refractivity contribution in [1.82, 2.24) is 0 Å². The molecule has 0 bridgehead atoms. The van der Waals surface area contributed by atoms with E-state index in [1.165, 1.54) is 38.5 Å². The fraction of sp³-hybridized carbons (Fsp3) is 0.640. The Morgan fingerprint density at radius 1 is 0.269 bits per heavy atom. The lowest BCUT2D eigenvalue weighted by Crippen LogP contribution is -2.30. The van der Waals surface area contributed by atoms with Gasteiger partial charge in [-0.3, -0.25) is 37.3 Å². The minimum Gasteiger partial charge on any atom is -0.462 e. The molecule has 0 aromatic rings. The van der Waals surface area contributed by atoms with Gasteiger partial charge in [-0.1, -0.05) is 313 Å². The largest absolute Gasteiger partial charge is 0.472 e. The zero-order valence-electron chi connectivity index (χ0n) is 67.2. The number of unbranched alkanes of at least 4 members (excludes halogenated alkanes) is 22. The van der Waals surface area contributed by atoms with E-state index in [0.717, 1.165) is 186 Å². The number of phosphoric ester groups is 2. The van der Waals surface area contributed by atoms with E-state index in [2.05, 4.69) is 180 Å². The Kier molecular flexibility index (Phi) is 75.4. The molecule has 5 unspecified atom stereocenters. The van der Waals surface area contributed by atoms with Gasteiger partial charge in [-0.25, -0.2) is 9.13 Å². The predicted octanol–water partition coefficient (Wildman–Crippen LogP) is 24.6. The van der Waals surface area contributed by atoms with Crippen molar-refractivity contribution in [3.05, 3.63) is 170 Å². The number of hydrogen-bond donors (Lipinski definition) is 3. The highest BCUT2D eigenvalue weighted by molar-refractivity contribution is 7.47. The number of esters is 4. The van der Waals surface area contributed by atoms with E-state index in [9.17, 15) is 43.2 Å². The van der Waals surface area contributed by atoms with Crippen molar-refractivity contribution in [3.63, 3.8) is 0 Å². The van der Waals surface area contributed by atoms with Gasteiger partial charge in [-0.15, -0.1) is 0 Å². The Labute approximate surface area is 654 Å². The van der Waals surface area contributed by atoms with Crippen LogP contribution in [0.25, 0.3) is 0 Å². The smallest absolute Gasteiger partial charge is 0.462 e. The fourth-order valence-electron chi connectivity index (χ4n) is 10.5. The third kappa shape index (κ3) is 78.5. The molecule has 614 valence electrons. The third-order valence-electron chi connectivity index (χ3n) is 16.7. The van der Waals surface area contributed by atoms with Crippen molar-refractivity contribution in [1.29, 1.82) is 0 Å². The summed E-state index contributed by atoms with van der Waals surface area (Å²) in [7, 11) is -10.00.